The van der Waals surface area contributed by atoms with E-state index in [4.69, 9.17) is 18.9 Å². The quantitative estimate of drug-likeness (QED) is 0.586. The summed E-state index contributed by atoms with van der Waals surface area (Å²) in [6, 6.07) is 8.77. The molecule has 0 aromatic heterocycles. The highest BCUT2D eigenvalue weighted by atomic mass is 16.5. The van der Waals surface area contributed by atoms with Crippen LogP contribution >= 0.6 is 0 Å². The summed E-state index contributed by atoms with van der Waals surface area (Å²) < 4.78 is 21.9. The van der Waals surface area contributed by atoms with Gasteiger partial charge in [0.25, 0.3) is 5.91 Å². The van der Waals surface area contributed by atoms with Gasteiger partial charge in [-0.3, -0.25) is 4.79 Å². The third-order valence-electron chi connectivity index (χ3n) is 4.34. The molecule has 1 aliphatic heterocycles. The monoisotopic (exact) mass is 384 g/mol. The molecule has 0 saturated carbocycles. The second kappa shape index (κ2) is 8.65. The molecule has 0 bridgehead atoms. The summed E-state index contributed by atoms with van der Waals surface area (Å²) in [5.74, 6) is 2.20. The van der Waals surface area contributed by atoms with E-state index in [1.807, 2.05) is 26.0 Å². The number of hydrogen-bond acceptors (Lipinski definition) is 6. The average molecular weight is 384 g/mol. The highest BCUT2D eigenvalue weighted by Crippen LogP contribution is 2.34. The van der Waals surface area contributed by atoms with Crippen molar-refractivity contribution < 1.29 is 23.7 Å². The van der Waals surface area contributed by atoms with Crippen LogP contribution in [0.2, 0.25) is 0 Å². The van der Waals surface area contributed by atoms with Crippen LogP contribution in [0.5, 0.6) is 23.0 Å². The van der Waals surface area contributed by atoms with Crippen molar-refractivity contribution in [3.8, 4) is 23.0 Å². The maximum absolute atomic E-state index is 12.4. The van der Waals surface area contributed by atoms with Gasteiger partial charge < -0.3 is 18.9 Å². The van der Waals surface area contributed by atoms with Crippen molar-refractivity contribution in [1.29, 1.82) is 0 Å². The van der Waals surface area contributed by atoms with E-state index in [-0.39, 0.29) is 12.0 Å². The number of nitrogens with zero attached hydrogens (tertiary/aromatic N) is 1. The van der Waals surface area contributed by atoms with Crippen LogP contribution in [-0.4, -0.2) is 39.1 Å². The van der Waals surface area contributed by atoms with E-state index in [1.165, 1.54) is 7.11 Å². The first-order valence-electron chi connectivity index (χ1n) is 9.07. The van der Waals surface area contributed by atoms with Crippen molar-refractivity contribution in [3.63, 3.8) is 0 Å². The van der Waals surface area contributed by atoms with E-state index in [0.29, 0.717) is 29.4 Å². The fraction of sp³-hybridized carbons (Fsp3) is 0.333. The standard InChI is InChI=1S/C21H24N2O5/c1-5-27-18-10-15-8-13(2)28-19(15)11-16(18)12-22-23-21(24)14-6-7-17(25-3)20(9-14)26-4/h6-7,9-13H,5,8H2,1-4H3,(H,23,24)/b22-12-/t13-/m0/s1. The lowest BCUT2D eigenvalue weighted by Gasteiger charge is -2.10. The maximum atomic E-state index is 12.4. The van der Waals surface area contributed by atoms with Crippen LogP contribution < -0.4 is 24.4 Å². The highest BCUT2D eigenvalue weighted by Gasteiger charge is 2.21. The van der Waals surface area contributed by atoms with E-state index < -0.39 is 0 Å². The third kappa shape index (κ3) is 4.19. The molecule has 1 amide bonds. The zero-order valence-electron chi connectivity index (χ0n) is 16.4. The SMILES string of the molecule is CCOc1cc2c(cc1/C=N\NC(=O)c1ccc(OC)c(OC)c1)O[C@@H](C)C2. The molecule has 0 aliphatic carbocycles. The Hall–Kier alpha value is -3.22. The summed E-state index contributed by atoms with van der Waals surface area (Å²) in [5.41, 5.74) is 4.78. The molecule has 7 heteroatoms. The minimum atomic E-state index is -0.360. The van der Waals surface area contributed by atoms with Gasteiger partial charge in [0, 0.05) is 23.1 Å². The Bertz CT molecular complexity index is 895. The number of fused-ring (bicyclic) bond motifs is 1. The van der Waals surface area contributed by atoms with E-state index >= 15 is 0 Å². The van der Waals surface area contributed by atoms with Gasteiger partial charge in [0.1, 0.15) is 17.6 Å². The summed E-state index contributed by atoms with van der Waals surface area (Å²) in [5, 5.41) is 4.07. The van der Waals surface area contributed by atoms with Crippen LogP contribution in [0.15, 0.2) is 35.4 Å². The molecule has 7 nitrogen and oxygen atoms in total. The first-order chi connectivity index (χ1) is 13.5. The van der Waals surface area contributed by atoms with Gasteiger partial charge in [-0.1, -0.05) is 0 Å². The van der Waals surface area contributed by atoms with Crippen LogP contribution in [0.3, 0.4) is 0 Å². The lowest BCUT2D eigenvalue weighted by molar-refractivity contribution is 0.0954. The van der Waals surface area contributed by atoms with Gasteiger partial charge >= 0.3 is 0 Å². The van der Waals surface area contributed by atoms with Gasteiger partial charge in [0.2, 0.25) is 0 Å². The molecule has 0 spiro atoms. The number of rotatable bonds is 7. The van der Waals surface area contributed by atoms with Gasteiger partial charge in [-0.2, -0.15) is 5.10 Å². The predicted molar refractivity (Wildman–Crippen MR) is 106 cm³/mol. The van der Waals surface area contributed by atoms with Crippen molar-refractivity contribution in [3.05, 3.63) is 47.0 Å². The van der Waals surface area contributed by atoms with Crippen molar-refractivity contribution in [2.45, 2.75) is 26.4 Å². The van der Waals surface area contributed by atoms with Crippen molar-refractivity contribution in [2.24, 2.45) is 5.10 Å². The lowest BCUT2D eigenvalue weighted by atomic mass is 10.1. The third-order valence-corrected chi connectivity index (χ3v) is 4.34. The molecule has 1 N–H and O–H groups in total. The Morgan fingerprint density at radius 2 is 2.00 bits per heavy atom. The molecule has 148 valence electrons. The Morgan fingerprint density at radius 3 is 2.71 bits per heavy atom. The van der Waals surface area contributed by atoms with Gasteiger partial charge in [-0.05, 0) is 44.2 Å². The fourth-order valence-corrected chi connectivity index (χ4v) is 3.04. The van der Waals surface area contributed by atoms with Crippen molar-refractivity contribution >= 4 is 12.1 Å². The normalized spacial score (nSPS) is 15.1. The number of nitrogens with one attached hydrogen (secondary N) is 1. The summed E-state index contributed by atoms with van der Waals surface area (Å²) in [6.07, 6.45) is 2.54. The second-order valence-corrected chi connectivity index (χ2v) is 6.33. The lowest BCUT2D eigenvalue weighted by Crippen LogP contribution is -2.17. The molecule has 2 aromatic carbocycles. The molecule has 0 radical (unpaired) electrons. The zero-order chi connectivity index (χ0) is 20.1. The number of benzene rings is 2. The number of hydrogen-bond donors (Lipinski definition) is 1. The molecule has 0 fully saturated rings. The van der Waals surface area contributed by atoms with Gasteiger partial charge in [-0.25, -0.2) is 5.43 Å². The number of hydrazone groups is 1. The summed E-state index contributed by atoms with van der Waals surface area (Å²) in [7, 11) is 3.06. The summed E-state index contributed by atoms with van der Waals surface area (Å²) in [6.45, 7) is 4.48. The van der Waals surface area contributed by atoms with Crippen LogP contribution in [0.1, 0.15) is 35.3 Å². The Labute approximate surface area is 164 Å². The predicted octanol–water partition coefficient (Wildman–Crippen LogP) is 3.19. The van der Waals surface area contributed by atoms with Crippen molar-refractivity contribution in [2.75, 3.05) is 20.8 Å². The minimum Gasteiger partial charge on any atom is -0.493 e. The average Bonchev–Trinajstić information content (AvgIpc) is 3.06. The first-order valence-corrected chi connectivity index (χ1v) is 9.07. The minimum absolute atomic E-state index is 0.140. The topological polar surface area (TPSA) is 78.4 Å². The molecular weight excluding hydrogens is 360 g/mol. The largest absolute Gasteiger partial charge is 0.493 e. The molecule has 1 atom stereocenters. The van der Waals surface area contributed by atoms with Gasteiger partial charge in [0.05, 0.1) is 27.0 Å². The maximum Gasteiger partial charge on any atom is 0.271 e. The van der Waals surface area contributed by atoms with E-state index in [9.17, 15) is 4.79 Å². The molecule has 1 heterocycles. The number of carbonyl (C=O) groups excluding carboxylic acids is 1. The van der Waals surface area contributed by atoms with Crippen LogP contribution in [0.4, 0.5) is 0 Å². The molecule has 3 rings (SSSR count). The Balaban J connectivity index is 1.75. The summed E-state index contributed by atoms with van der Waals surface area (Å²) >= 11 is 0. The van der Waals surface area contributed by atoms with E-state index in [0.717, 1.165) is 23.3 Å². The number of methoxy groups -OCH3 is 2. The number of ether oxygens (including phenoxy) is 4. The fourth-order valence-electron chi connectivity index (χ4n) is 3.04. The molecule has 28 heavy (non-hydrogen) atoms. The van der Waals surface area contributed by atoms with E-state index in [2.05, 4.69) is 10.5 Å². The van der Waals surface area contributed by atoms with E-state index in [1.54, 1.807) is 31.5 Å². The second-order valence-electron chi connectivity index (χ2n) is 6.33. The first kappa shape index (κ1) is 19.5. The molecule has 2 aromatic rings. The Morgan fingerprint density at radius 1 is 1.21 bits per heavy atom. The number of amides is 1. The molecule has 0 saturated heterocycles. The zero-order valence-corrected chi connectivity index (χ0v) is 16.4. The van der Waals surface area contributed by atoms with Crippen molar-refractivity contribution in [1.82, 2.24) is 5.43 Å². The number of carbonyl (C=O) groups is 1. The molecule has 0 unspecified atom stereocenters. The summed E-state index contributed by atoms with van der Waals surface area (Å²) in [4.78, 5) is 12.4. The van der Waals surface area contributed by atoms with Gasteiger partial charge in [0.15, 0.2) is 11.5 Å². The smallest absolute Gasteiger partial charge is 0.271 e. The van der Waals surface area contributed by atoms with Crippen LogP contribution in [-0.2, 0) is 6.42 Å². The Kier molecular flexibility index (Phi) is 6.03. The van der Waals surface area contributed by atoms with Gasteiger partial charge in [-0.15, -0.1) is 0 Å². The molecule has 1 aliphatic rings. The van der Waals surface area contributed by atoms with Crippen LogP contribution in [0, 0.1) is 0 Å². The molecular formula is C21H24N2O5. The van der Waals surface area contributed by atoms with Crippen LogP contribution in [0.25, 0.3) is 0 Å². The highest BCUT2D eigenvalue weighted by molar-refractivity contribution is 5.95.